The SMILES string of the molecule is COc1cccc(OC)c1C(=O)Nc1ccc(=S)[nH]c1. The summed E-state index contributed by atoms with van der Waals surface area (Å²) in [4.78, 5) is 15.2. The number of hydrogen-bond acceptors (Lipinski definition) is 4. The van der Waals surface area contributed by atoms with Crippen molar-refractivity contribution in [1.29, 1.82) is 0 Å². The summed E-state index contributed by atoms with van der Waals surface area (Å²) in [7, 11) is 3.01. The van der Waals surface area contributed by atoms with E-state index in [0.717, 1.165) is 0 Å². The molecule has 5 nitrogen and oxygen atoms in total. The summed E-state index contributed by atoms with van der Waals surface area (Å²) in [6, 6.07) is 8.59. The first-order chi connectivity index (χ1) is 9.65. The average Bonchev–Trinajstić information content (AvgIpc) is 2.48. The van der Waals surface area contributed by atoms with Gasteiger partial charge in [0.1, 0.15) is 21.7 Å². The molecule has 0 unspecified atom stereocenters. The molecule has 0 saturated heterocycles. The van der Waals surface area contributed by atoms with Crippen molar-refractivity contribution in [3.8, 4) is 11.5 Å². The van der Waals surface area contributed by atoms with Gasteiger partial charge in [-0.2, -0.15) is 0 Å². The Morgan fingerprint density at radius 3 is 2.30 bits per heavy atom. The normalized spacial score (nSPS) is 9.90. The van der Waals surface area contributed by atoms with E-state index in [1.807, 2.05) is 0 Å². The van der Waals surface area contributed by atoms with E-state index in [-0.39, 0.29) is 5.91 Å². The van der Waals surface area contributed by atoms with Crippen molar-refractivity contribution < 1.29 is 14.3 Å². The summed E-state index contributed by atoms with van der Waals surface area (Å²) in [5.74, 6) is 0.584. The third kappa shape index (κ3) is 2.97. The van der Waals surface area contributed by atoms with Gasteiger partial charge in [0.2, 0.25) is 0 Å². The molecule has 0 spiro atoms. The largest absolute Gasteiger partial charge is 0.496 e. The first kappa shape index (κ1) is 14.1. The molecule has 0 atom stereocenters. The van der Waals surface area contributed by atoms with Gasteiger partial charge in [-0.3, -0.25) is 4.79 Å². The summed E-state index contributed by atoms with van der Waals surface area (Å²) in [5, 5.41) is 2.76. The van der Waals surface area contributed by atoms with Crippen LogP contribution < -0.4 is 14.8 Å². The van der Waals surface area contributed by atoms with Gasteiger partial charge < -0.3 is 19.8 Å². The second-order valence-corrected chi connectivity index (χ2v) is 4.37. The van der Waals surface area contributed by atoms with Crippen LogP contribution in [0, 0.1) is 4.64 Å². The molecule has 2 N–H and O–H groups in total. The Balaban J connectivity index is 2.33. The Morgan fingerprint density at radius 2 is 1.80 bits per heavy atom. The zero-order chi connectivity index (χ0) is 14.5. The van der Waals surface area contributed by atoms with Crippen molar-refractivity contribution in [2.45, 2.75) is 0 Å². The molecule has 0 aliphatic rings. The molecular weight excluding hydrogens is 276 g/mol. The van der Waals surface area contributed by atoms with Crippen LogP contribution in [-0.2, 0) is 0 Å². The lowest BCUT2D eigenvalue weighted by Crippen LogP contribution is -2.14. The van der Waals surface area contributed by atoms with Crippen molar-refractivity contribution in [2.75, 3.05) is 19.5 Å². The molecule has 1 aromatic heterocycles. The molecule has 104 valence electrons. The zero-order valence-corrected chi connectivity index (χ0v) is 11.9. The fourth-order valence-electron chi connectivity index (χ4n) is 1.76. The van der Waals surface area contributed by atoms with Crippen molar-refractivity contribution in [3.05, 3.63) is 46.7 Å². The van der Waals surface area contributed by atoms with Crippen LogP contribution in [0.3, 0.4) is 0 Å². The minimum atomic E-state index is -0.315. The molecule has 6 heteroatoms. The molecule has 2 aromatic rings. The number of ether oxygens (including phenoxy) is 2. The van der Waals surface area contributed by atoms with E-state index in [1.165, 1.54) is 14.2 Å². The summed E-state index contributed by atoms with van der Waals surface area (Å²) in [6.45, 7) is 0. The number of benzene rings is 1. The maximum atomic E-state index is 12.3. The Bertz CT molecular complexity index is 640. The quantitative estimate of drug-likeness (QED) is 0.850. The van der Waals surface area contributed by atoms with E-state index in [4.69, 9.17) is 21.7 Å². The van der Waals surface area contributed by atoms with Crippen LogP contribution >= 0.6 is 12.2 Å². The highest BCUT2D eigenvalue weighted by Crippen LogP contribution is 2.28. The molecule has 1 amide bonds. The number of pyridine rings is 1. The van der Waals surface area contributed by atoms with Gasteiger partial charge in [-0.15, -0.1) is 0 Å². The second kappa shape index (κ2) is 6.21. The number of aromatic nitrogens is 1. The second-order valence-electron chi connectivity index (χ2n) is 3.93. The van der Waals surface area contributed by atoms with E-state index < -0.39 is 0 Å². The monoisotopic (exact) mass is 290 g/mol. The number of rotatable bonds is 4. The minimum Gasteiger partial charge on any atom is -0.496 e. The summed E-state index contributed by atoms with van der Waals surface area (Å²) >= 11 is 4.95. The van der Waals surface area contributed by atoms with Crippen molar-refractivity contribution in [3.63, 3.8) is 0 Å². The summed E-state index contributed by atoms with van der Waals surface area (Å²) < 4.78 is 11.0. The number of hydrogen-bond donors (Lipinski definition) is 2. The molecule has 0 radical (unpaired) electrons. The van der Waals surface area contributed by atoms with Gasteiger partial charge in [-0.25, -0.2) is 0 Å². The highest BCUT2D eigenvalue weighted by atomic mass is 32.1. The first-order valence-electron chi connectivity index (χ1n) is 5.87. The van der Waals surface area contributed by atoms with Gasteiger partial charge >= 0.3 is 0 Å². The van der Waals surface area contributed by atoms with Gasteiger partial charge in [-0.1, -0.05) is 18.3 Å². The van der Waals surface area contributed by atoms with Crippen LogP contribution in [0.1, 0.15) is 10.4 Å². The van der Waals surface area contributed by atoms with E-state index in [2.05, 4.69) is 10.3 Å². The number of H-pyrrole nitrogens is 1. The van der Waals surface area contributed by atoms with Crippen LogP contribution in [-0.4, -0.2) is 25.1 Å². The predicted molar refractivity (Wildman–Crippen MR) is 79.1 cm³/mol. The fraction of sp³-hybridized carbons (Fsp3) is 0.143. The van der Waals surface area contributed by atoms with Gasteiger partial charge in [0.25, 0.3) is 5.91 Å². The fourth-order valence-corrected chi connectivity index (χ4v) is 1.88. The van der Waals surface area contributed by atoms with E-state index >= 15 is 0 Å². The van der Waals surface area contributed by atoms with Crippen molar-refractivity contribution in [2.24, 2.45) is 0 Å². The highest BCUT2D eigenvalue weighted by Gasteiger charge is 2.18. The Labute approximate surface area is 121 Å². The molecule has 0 saturated carbocycles. The third-order valence-electron chi connectivity index (χ3n) is 2.70. The predicted octanol–water partition coefficient (Wildman–Crippen LogP) is 3.01. The average molecular weight is 290 g/mol. The molecule has 0 bridgehead atoms. The van der Waals surface area contributed by atoms with Gasteiger partial charge in [-0.05, 0) is 24.3 Å². The molecule has 0 aliphatic heterocycles. The molecule has 1 heterocycles. The van der Waals surface area contributed by atoms with E-state index in [0.29, 0.717) is 27.4 Å². The topological polar surface area (TPSA) is 63.4 Å². The van der Waals surface area contributed by atoms with Crippen molar-refractivity contribution in [1.82, 2.24) is 4.98 Å². The standard InChI is InChI=1S/C14H14N2O3S/c1-18-10-4-3-5-11(19-2)13(10)14(17)16-9-6-7-12(20)15-8-9/h3-8H,1-2H3,(H,15,20)(H,16,17). The molecular formula is C14H14N2O3S. The number of carbonyl (C=O) groups is 1. The maximum Gasteiger partial charge on any atom is 0.263 e. The summed E-state index contributed by atoms with van der Waals surface area (Å²) in [6.07, 6.45) is 1.63. The smallest absolute Gasteiger partial charge is 0.263 e. The van der Waals surface area contributed by atoms with E-state index in [9.17, 15) is 4.79 Å². The Kier molecular flexibility index (Phi) is 4.37. The molecule has 0 aliphatic carbocycles. The molecule has 1 aromatic carbocycles. The van der Waals surface area contributed by atoms with Crippen molar-refractivity contribution >= 4 is 23.8 Å². The number of methoxy groups -OCH3 is 2. The maximum absolute atomic E-state index is 12.3. The molecule has 0 fully saturated rings. The zero-order valence-electron chi connectivity index (χ0n) is 11.1. The lowest BCUT2D eigenvalue weighted by atomic mass is 10.1. The first-order valence-corrected chi connectivity index (χ1v) is 6.27. The molecule has 2 rings (SSSR count). The lowest BCUT2D eigenvalue weighted by molar-refractivity contribution is 0.102. The third-order valence-corrected chi connectivity index (χ3v) is 2.95. The number of amides is 1. The highest BCUT2D eigenvalue weighted by molar-refractivity contribution is 7.71. The van der Waals surface area contributed by atoms with Gasteiger partial charge in [0, 0.05) is 6.20 Å². The van der Waals surface area contributed by atoms with E-state index in [1.54, 1.807) is 36.5 Å². The molecule has 20 heavy (non-hydrogen) atoms. The van der Waals surface area contributed by atoms with Crippen LogP contribution in [0.5, 0.6) is 11.5 Å². The number of nitrogens with one attached hydrogen (secondary N) is 2. The summed E-state index contributed by atoms with van der Waals surface area (Å²) in [5.41, 5.74) is 0.955. The van der Waals surface area contributed by atoms with Crippen LogP contribution in [0.15, 0.2) is 36.5 Å². The number of anilines is 1. The van der Waals surface area contributed by atoms with Crippen LogP contribution in [0.2, 0.25) is 0 Å². The Morgan fingerprint density at radius 1 is 1.15 bits per heavy atom. The number of aromatic amines is 1. The van der Waals surface area contributed by atoms with Crippen LogP contribution in [0.25, 0.3) is 0 Å². The van der Waals surface area contributed by atoms with Gasteiger partial charge in [0.05, 0.1) is 19.9 Å². The Hall–Kier alpha value is -2.34. The lowest BCUT2D eigenvalue weighted by Gasteiger charge is -2.12. The van der Waals surface area contributed by atoms with Crippen LogP contribution in [0.4, 0.5) is 5.69 Å². The minimum absolute atomic E-state index is 0.315. The van der Waals surface area contributed by atoms with Gasteiger partial charge in [0.15, 0.2) is 0 Å². The number of carbonyl (C=O) groups excluding carboxylic acids is 1.